The summed E-state index contributed by atoms with van der Waals surface area (Å²) in [5, 5.41) is 10.0. The summed E-state index contributed by atoms with van der Waals surface area (Å²) in [6, 6.07) is 18.9. The largest absolute Gasteiger partial charge is 0.393 e. The van der Waals surface area contributed by atoms with E-state index in [1.807, 2.05) is 6.07 Å². The molecule has 0 aliphatic rings. The minimum atomic E-state index is -0.208. The minimum absolute atomic E-state index is 0.208. The minimum Gasteiger partial charge on any atom is -0.393 e. The Kier molecular flexibility index (Phi) is 5.17. The fourth-order valence-corrected chi connectivity index (χ4v) is 2.32. The maximum absolute atomic E-state index is 10.0. The number of aliphatic hydroxyl groups excluding tert-OH is 1. The molecule has 0 saturated carbocycles. The molecule has 1 atom stereocenters. The number of benzene rings is 2. The van der Waals surface area contributed by atoms with Gasteiger partial charge in [-0.05, 0) is 43.7 Å². The van der Waals surface area contributed by atoms with Crippen LogP contribution in [0.1, 0.15) is 29.5 Å². The molecule has 2 rings (SSSR count). The molecule has 1 nitrogen and oxygen atoms in total. The summed E-state index contributed by atoms with van der Waals surface area (Å²) in [6.45, 7) is 2.11. The molecular weight excluding hydrogens is 232 g/mol. The lowest BCUT2D eigenvalue weighted by Crippen LogP contribution is -2.09. The third-order valence-electron chi connectivity index (χ3n) is 3.46. The molecule has 1 heteroatoms. The normalized spacial score (nSPS) is 12.3. The smallest absolute Gasteiger partial charge is 0.0546 e. The Morgan fingerprint density at radius 2 is 1.47 bits per heavy atom. The van der Waals surface area contributed by atoms with Crippen molar-refractivity contribution in [1.82, 2.24) is 0 Å². The molecule has 19 heavy (non-hydrogen) atoms. The molecule has 1 unspecified atom stereocenters. The summed E-state index contributed by atoms with van der Waals surface area (Å²) < 4.78 is 0. The molecule has 0 saturated heterocycles. The van der Waals surface area contributed by atoms with Gasteiger partial charge in [0.1, 0.15) is 0 Å². The number of aliphatic hydroxyl groups is 1. The highest BCUT2D eigenvalue weighted by Gasteiger charge is 2.05. The Morgan fingerprint density at radius 1 is 0.842 bits per heavy atom. The number of hydrogen-bond acceptors (Lipinski definition) is 1. The number of rotatable bonds is 6. The molecule has 2 aromatic rings. The van der Waals surface area contributed by atoms with E-state index in [4.69, 9.17) is 0 Å². The number of hydrogen-bond donors (Lipinski definition) is 1. The van der Waals surface area contributed by atoms with Crippen molar-refractivity contribution in [1.29, 1.82) is 0 Å². The Balaban J connectivity index is 1.74. The summed E-state index contributed by atoms with van der Waals surface area (Å²) in [7, 11) is 0. The fourth-order valence-electron chi connectivity index (χ4n) is 2.32. The predicted molar refractivity (Wildman–Crippen MR) is 80.3 cm³/mol. The summed E-state index contributed by atoms with van der Waals surface area (Å²) in [4.78, 5) is 0. The van der Waals surface area contributed by atoms with E-state index in [0.717, 1.165) is 25.7 Å². The monoisotopic (exact) mass is 254 g/mol. The molecule has 0 aliphatic heterocycles. The maximum atomic E-state index is 10.0. The van der Waals surface area contributed by atoms with E-state index in [0.29, 0.717) is 0 Å². The van der Waals surface area contributed by atoms with Crippen molar-refractivity contribution >= 4 is 0 Å². The van der Waals surface area contributed by atoms with Crippen molar-refractivity contribution in [2.24, 2.45) is 0 Å². The van der Waals surface area contributed by atoms with Gasteiger partial charge in [0.15, 0.2) is 0 Å². The number of aryl methyl sites for hydroxylation is 3. The van der Waals surface area contributed by atoms with Crippen LogP contribution in [0.25, 0.3) is 0 Å². The van der Waals surface area contributed by atoms with Gasteiger partial charge in [-0.1, -0.05) is 60.2 Å². The van der Waals surface area contributed by atoms with Gasteiger partial charge in [0, 0.05) is 0 Å². The Morgan fingerprint density at radius 3 is 2.16 bits per heavy atom. The first-order valence-corrected chi connectivity index (χ1v) is 7.01. The molecule has 0 aromatic heterocycles. The zero-order valence-electron chi connectivity index (χ0n) is 11.5. The van der Waals surface area contributed by atoms with Crippen molar-refractivity contribution in [2.45, 2.75) is 38.7 Å². The average Bonchev–Trinajstić information content (AvgIpc) is 2.44. The topological polar surface area (TPSA) is 20.2 Å². The highest BCUT2D eigenvalue weighted by atomic mass is 16.3. The summed E-state index contributed by atoms with van der Waals surface area (Å²) in [5.74, 6) is 0. The van der Waals surface area contributed by atoms with Gasteiger partial charge in [0.05, 0.1) is 6.10 Å². The van der Waals surface area contributed by atoms with E-state index in [9.17, 15) is 5.11 Å². The molecule has 2 aromatic carbocycles. The molecule has 0 heterocycles. The lowest BCUT2D eigenvalue weighted by molar-refractivity contribution is 0.155. The van der Waals surface area contributed by atoms with E-state index in [1.165, 1.54) is 16.7 Å². The molecule has 0 aliphatic carbocycles. The van der Waals surface area contributed by atoms with Gasteiger partial charge in [0.25, 0.3) is 0 Å². The van der Waals surface area contributed by atoms with Crippen LogP contribution in [0.3, 0.4) is 0 Å². The second-order valence-electron chi connectivity index (χ2n) is 5.21. The third kappa shape index (κ3) is 4.88. The lowest BCUT2D eigenvalue weighted by Gasteiger charge is -2.10. The van der Waals surface area contributed by atoms with Gasteiger partial charge >= 0.3 is 0 Å². The van der Waals surface area contributed by atoms with E-state index in [1.54, 1.807) is 0 Å². The van der Waals surface area contributed by atoms with Crippen molar-refractivity contribution in [2.75, 3.05) is 0 Å². The van der Waals surface area contributed by atoms with Crippen LogP contribution in [0, 0.1) is 6.92 Å². The molecule has 0 fully saturated rings. The standard InChI is InChI=1S/C18H22O/c1-15-6-5-9-17(14-15)11-13-18(19)12-10-16-7-3-2-4-8-16/h2-9,14,18-19H,10-13H2,1H3. The second-order valence-corrected chi connectivity index (χ2v) is 5.21. The molecule has 0 radical (unpaired) electrons. The Bertz CT molecular complexity index is 490. The van der Waals surface area contributed by atoms with Crippen LogP contribution in [-0.2, 0) is 12.8 Å². The first-order chi connectivity index (χ1) is 9.24. The van der Waals surface area contributed by atoms with Crippen molar-refractivity contribution in [3.63, 3.8) is 0 Å². The van der Waals surface area contributed by atoms with Crippen LogP contribution < -0.4 is 0 Å². The Hall–Kier alpha value is -1.60. The van der Waals surface area contributed by atoms with Gasteiger partial charge in [-0.25, -0.2) is 0 Å². The first kappa shape index (κ1) is 13.8. The summed E-state index contributed by atoms with van der Waals surface area (Å²) >= 11 is 0. The lowest BCUT2D eigenvalue weighted by atomic mass is 10.0. The van der Waals surface area contributed by atoms with Gasteiger partial charge in [0.2, 0.25) is 0 Å². The van der Waals surface area contributed by atoms with Gasteiger partial charge in [-0.3, -0.25) is 0 Å². The molecule has 100 valence electrons. The van der Waals surface area contributed by atoms with Crippen molar-refractivity contribution < 1.29 is 5.11 Å². The van der Waals surface area contributed by atoms with Crippen LogP contribution in [0.2, 0.25) is 0 Å². The quantitative estimate of drug-likeness (QED) is 0.828. The van der Waals surface area contributed by atoms with E-state index >= 15 is 0 Å². The van der Waals surface area contributed by atoms with E-state index in [-0.39, 0.29) is 6.10 Å². The molecule has 0 amide bonds. The van der Waals surface area contributed by atoms with Crippen LogP contribution >= 0.6 is 0 Å². The Labute approximate surface area is 115 Å². The summed E-state index contributed by atoms with van der Waals surface area (Å²) in [5.41, 5.74) is 3.91. The fraction of sp³-hybridized carbons (Fsp3) is 0.333. The predicted octanol–water partition coefficient (Wildman–Crippen LogP) is 3.92. The van der Waals surface area contributed by atoms with Gasteiger partial charge in [-0.15, -0.1) is 0 Å². The zero-order chi connectivity index (χ0) is 13.5. The van der Waals surface area contributed by atoms with E-state index in [2.05, 4.69) is 55.5 Å². The average molecular weight is 254 g/mol. The molecular formula is C18H22O. The van der Waals surface area contributed by atoms with E-state index < -0.39 is 0 Å². The van der Waals surface area contributed by atoms with Crippen LogP contribution in [0.4, 0.5) is 0 Å². The van der Waals surface area contributed by atoms with Crippen molar-refractivity contribution in [3.8, 4) is 0 Å². The highest BCUT2D eigenvalue weighted by Crippen LogP contribution is 2.12. The van der Waals surface area contributed by atoms with Gasteiger partial charge in [-0.2, -0.15) is 0 Å². The SMILES string of the molecule is Cc1cccc(CCC(O)CCc2ccccc2)c1. The molecule has 0 spiro atoms. The molecule has 1 N–H and O–H groups in total. The summed E-state index contributed by atoms with van der Waals surface area (Å²) in [6.07, 6.45) is 3.39. The molecule has 0 bridgehead atoms. The van der Waals surface area contributed by atoms with Crippen molar-refractivity contribution in [3.05, 3.63) is 71.3 Å². The first-order valence-electron chi connectivity index (χ1n) is 7.01. The highest BCUT2D eigenvalue weighted by molar-refractivity contribution is 5.22. The van der Waals surface area contributed by atoms with Crippen LogP contribution in [0.5, 0.6) is 0 Å². The van der Waals surface area contributed by atoms with Crippen LogP contribution in [-0.4, -0.2) is 11.2 Å². The second kappa shape index (κ2) is 7.10. The maximum Gasteiger partial charge on any atom is 0.0546 e. The third-order valence-corrected chi connectivity index (χ3v) is 3.46. The van der Waals surface area contributed by atoms with Crippen LogP contribution in [0.15, 0.2) is 54.6 Å². The zero-order valence-corrected chi connectivity index (χ0v) is 11.5. The van der Waals surface area contributed by atoms with Gasteiger partial charge < -0.3 is 5.11 Å².